The lowest BCUT2D eigenvalue weighted by molar-refractivity contribution is -0.304. The lowest BCUT2D eigenvalue weighted by Crippen LogP contribution is -2.59. The van der Waals surface area contributed by atoms with Crippen molar-refractivity contribution in [3.05, 3.63) is 41.6 Å². The number of nitrogens with zero attached hydrogens (tertiary/aromatic N) is 1. The Morgan fingerprint density at radius 3 is 2.44 bits per heavy atom. The summed E-state index contributed by atoms with van der Waals surface area (Å²) >= 11 is 0. The summed E-state index contributed by atoms with van der Waals surface area (Å²) < 4.78 is 5.37. The Hall–Kier alpha value is -2.38. The molecule has 7 heteroatoms. The van der Waals surface area contributed by atoms with Crippen LogP contribution in [0, 0.1) is 5.41 Å². The zero-order valence-corrected chi connectivity index (χ0v) is 16.2. The number of esters is 1. The van der Waals surface area contributed by atoms with Crippen molar-refractivity contribution in [1.82, 2.24) is 4.90 Å². The molecule has 0 aromatic heterocycles. The number of anilines is 1. The van der Waals surface area contributed by atoms with Gasteiger partial charge in [0.1, 0.15) is 0 Å². The topological polar surface area (TPSA) is 99.1 Å². The van der Waals surface area contributed by atoms with Crippen molar-refractivity contribution in [2.75, 3.05) is 5.32 Å². The number of benzene rings is 1. The molecular formula is C20H26N2O5. The highest BCUT2D eigenvalue weighted by Crippen LogP contribution is 2.55. The Morgan fingerprint density at radius 2 is 1.85 bits per heavy atom. The molecule has 2 aliphatic rings. The minimum absolute atomic E-state index is 0.179. The molecule has 7 nitrogen and oxygen atoms in total. The number of fused-ring (bicyclic) bond motifs is 3. The Labute approximate surface area is 158 Å². The van der Waals surface area contributed by atoms with Crippen LogP contribution in [0.3, 0.4) is 0 Å². The number of amides is 1. The second kappa shape index (κ2) is 6.35. The van der Waals surface area contributed by atoms with Gasteiger partial charge in [-0.3, -0.25) is 9.69 Å². The van der Waals surface area contributed by atoms with Crippen molar-refractivity contribution < 1.29 is 24.5 Å². The zero-order chi connectivity index (χ0) is 20.1. The molecule has 0 radical (unpaired) electrons. The summed E-state index contributed by atoms with van der Waals surface area (Å²) in [4.78, 5) is 25.8. The van der Waals surface area contributed by atoms with E-state index in [0.717, 1.165) is 16.2 Å². The molecule has 2 heterocycles. The number of aliphatic hydroxyl groups is 2. The summed E-state index contributed by atoms with van der Waals surface area (Å²) in [6.07, 6.45) is 0.855. The molecule has 27 heavy (non-hydrogen) atoms. The molecule has 3 rings (SSSR count). The largest absolute Gasteiger partial charge is 0.460 e. The summed E-state index contributed by atoms with van der Waals surface area (Å²) in [7, 11) is 0. The molecule has 146 valence electrons. The van der Waals surface area contributed by atoms with Crippen LogP contribution in [0.5, 0.6) is 0 Å². The fourth-order valence-corrected chi connectivity index (χ4v) is 3.99. The van der Waals surface area contributed by atoms with Crippen LogP contribution in [0.4, 0.5) is 5.69 Å². The van der Waals surface area contributed by atoms with Crippen LogP contribution in [0.15, 0.2) is 36.0 Å². The number of nitrogens with one attached hydrogen (secondary N) is 1. The van der Waals surface area contributed by atoms with E-state index in [1.165, 1.54) is 13.1 Å². The van der Waals surface area contributed by atoms with Crippen LogP contribution in [-0.2, 0) is 14.3 Å². The van der Waals surface area contributed by atoms with E-state index in [-0.39, 0.29) is 11.7 Å². The van der Waals surface area contributed by atoms with Crippen LogP contribution in [0.2, 0.25) is 0 Å². The van der Waals surface area contributed by atoms with Gasteiger partial charge < -0.3 is 20.3 Å². The van der Waals surface area contributed by atoms with Gasteiger partial charge in [-0.05, 0) is 25.5 Å². The molecule has 2 aliphatic heterocycles. The molecule has 0 fully saturated rings. The summed E-state index contributed by atoms with van der Waals surface area (Å²) in [5, 5.41) is 25.3. The first-order chi connectivity index (χ1) is 12.5. The third-order valence-electron chi connectivity index (χ3n) is 5.44. The number of para-hydroxylation sites is 1. The molecule has 1 aromatic carbocycles. The summed E-state index contributed by atoms with van der Waals surface area (Å²) in [5.74, 6) is -4.16. The smallest absolute Gasteiger partial charge is 0.337 e. The molecule has 1 aromatic rings. The third kappa shape index (κ3) is 2.91. The molecule has 0 aliphatic carbocycles. The van der Waals surface area contributed by atoms with E-state index in [9.17, 15) is 19.8 Å². The van der Waals surface area contributed by atoms with Gasteiger partial charge in [-0.25, -0.2) is 4.79 Å². The normalized spacial score (nSPS) is 25.0. The molecule has 2 atom stereocenters. The van der Waals surface area contributed by atoms with Gasteiger partial charge in [-0.2, -0.15) is 0 Å². The first kappa shape index (κ1) is 19.4. The van der Waals surface area contributed by atoms with Crippen molar-refractivity contribution in [3.8, 4) is 0 Å². The van der Waals surface area contributed by atoms with E-state index in [4.69, 9.17) is 4.74 Å². The van der Waals surface area contributed by atoms with Crippen molar-refractivity contribution in [2.24, 2.45) is 5.41 Å². The van der Waals surface area contributed by atoms with E-state index in [0.29, 0.717) is 0 Å². The highest BCUT2D eigenvalue weighted by Gasteiger charge is 2.60. The lowest BCUT2D eigenvalue weighted by Gasteiger charge is -2.46. The number of carbonyl (C=O) groups is 2. The minimum atomic E-state index is -2.50. The number of carbonyl (C=O) groups excluding carboxylic acids is 2. The van der Waals surface area contributed by atoms with E-state index < -0.39 is 35.2 Å². The standard InChI is InChI=1S/C20H26N2O5/c1-11(2)27-18(24)14-10-22(12(3)23)20(25,26)19(4,5)16-13-8-6-7-9-15(13)21-17(14)16/h6-11,16-17,21,25-26H,1-5H3. The molecule has 0 saturated heterocycles. The maximum atomic E-state index is 12.8. The molecular weight excluding hydrogens is 348 g/mol. The number of hydrogen-bond donors (Lipinski definition) is 3. The molecule has 0 saturated carbocycles. The highest BCUT2D eigenvalue weighted by molar-refractivity contribution is 5.93. The van der Waals surface area contributed by atoms with E-state index in [2.05, 4.69) is 5.32 Å². The maximum Gasteiger partial charge on any atom is 0.337 e. The predicted octanol–water partition coefficient (Wildman–Crippen LogP) is 1.93. The second-order valence-corrected chi connectivity index (χ2v) is 7.97. The van der Waals surface area contributed by atoms with Crippen LogP contribution < -0.4 is 5.32 Å². The first-order valence-corrected chi connectivity index (χ1v) is 9.01. The number of ether oxygens (including phenoxy) is 1. The number of rotatable bonds is 2. The fourth-order valence-electron chi connectivity index (χ4n) is 3.99. The van der Waals surface area contributed by atoms with Gasteiger partial charge in [0.2, 0.25) is 5.91 Å². The van der Waals surface area contributed by atoms with Crippen LogP contribution in [0.1, 0.15) is 46.1 Å². The highest BCUT2D eigenvalue weighted by atomic mass is 16.5. The zero-order valence-electron chi connectivity index (χ0n) is 16.2. The molecule has 0 spiro atoms. The van der Waals surface area contributed by atoms with Crippen molar-refractivity contribution in [3.63, 3.8) is 0 Å². The van der Waals surface area contributed by atoms with Gasteiger partial charge in [-0.1, -0.05) is 32.0 Å². The van der Waals surface area contributed by atoms with Gasteiger partial charge in [0.25, 0.3) is 5.91 Å². The van der Waals surface area contributed by atoms with Gasteiger partial charge in [0, 0.05) is 30.1 Å². The Morgan fingerprint density at radius 1 is 1.22 bits per heavy atom. The average molecular weight is 374 g/mol. The van der Waals surface area contributed by atoms with Crippen molar-refractivity contribution in [2.45, 2.75) is 58.6 Å². The average Bonchev–Trinajstić information content (AvgIpc) is 2.90. The SMILES string of the molecule is CC(=O)N1C=C(C(=O)OC(C)C)C2Nc3ccccc3C2C(C)(C)C1(O)O. The van der Waals surface area contributed by atoms with E-state index >= 15 is 0 Å². The molecule has 1 amide bonds. The van der Waals surface area contributed by atoms with Crippen molar-refractivity contribution in [1.29, 1.82) is 0 Å². The monoisotopic (exact) mass is 374 g/mol. The van der Waals surface area contributed by atoms with Crippen molar-refractivity contribution >= 4 is 17.6 Å². The third-order valence-corrected chi connectivity index (χ3v) is 5.44. The van der Waals surface area contributed by atoms with Gasteiger partial charge in [0.15, 0.2) is 0 Å². The molecule has 0 bridgehead atoms. The van der Waals surface area contributed by atoms with E-state index in [1.807, 2.05) is 24.3 Å². The van der Waals surface area contributed by atoms with Gasteiger partial charge in [-0.15, -0.1) is 0 Å². The summed E-state index contributed by atoms with van der Waals surface area (Å²) in [6.45, 7) is 8.04. The summed E-state index contributed by atoms with van der Waals surface area (Å²) in [5.41, 5.74) is 0.655. The number of hydrogen-bond acceptors (Lipinski definition) is 6. The Kier molecular flexibility index (Phi) is 4.56. The second-order valence-electron chi connectivity index (χ2n) is 7.97. The quantitative estimate of drug-likeness (QED) is 0.540. The lowest BCUT2D eigenvalue weighted by atomic mass is 9.69. The van der Waals surface area contributed by atoms with Crippen LogP contribution in [0.25, 0.3) is 0 Å². The predicted molar refractivity (Wildman–Crippen MR) is 99.4 cm³/mol. The molecule has 3 N–H and O–H groups in total. The minimum Gasteiger partial charge on any atom is -0.460 e. The van der Waals surface area contributed by atoms with E-state index in [1.54, 1.807) is 27.7 Å². The molecule has 2 unspecified atom stereocenters. The summed E-state index contributed by atoms with van der Waals surface area (Å²) in [6, 6.07) is 6.93. The first-order valence-electron chi connectivity index (χ1n) is 9.01. The Bertz CT molecular complexity index is 812. The van der Waals surface area contributed by atoms with Crippen LogP contribution >= 0.6 is 0 Å². The fraction of sp³-hybridized carbons (Fsp3) is 0.500. The maximum absolute atomic E-state index is 12.8. The van der Waals surface area contributed by atoms with Gasteiger partial charge in [0.05, 0.1) is 17.7 Å². The van der Waals surface area contributed by atoms with Crippen LogP contribution in [-0.4, -0.2) is 45.0 Å². The van der Waals surface area contributed by atoms with Gasteiger partial charge >= 0.3 is 5.97 Å². The Balaban J connectivity index is 2.22.